The summed E-state index contributed by atoms with van der Waals surface area (Å²) < 4.78 is 5.42. The Morgan fingerprint density at radius 2 is 1.77 bits per heavy atom. The lowest BCUT2D eigenvalue weighted by atomic mass is 9.83. The highest BCUT2D eigenvalue weighted by atomic mass is 16.6. The second-order valence-corrected chi connectivity index (χ2v) is 7.94. The third-order valence-electron chi connectivity index (χ3n) is 4.54. The number of ether oxygens (including phenoxy) is 1. The van der Waals surface area contributed by atoms with E-state index in [-0.39, 0.29) is 0 Å². The second-order valence-electron chi connectivity index (χ2n) is 7.94. The van der Waals surface area contributed by atoms with E-state index in [2.05, 4.69) is 0 Å². The minimum Gasteiger partial charge on any atom is -0.443 e. The van der Waals surface area contributed by atoms with E-state index in [9.17, 15) is 14.4 Å². The van der Waals surface area contributed by atoms with Crippen molar-refractivity contribution < 1.29 is 19.1 Å². The molecule has 26 heavy (non-hydrogen) atoms. The summed E-state index contributed by atoms with van der Waals surface area (Å²) in [5, 5.41) is 0. The molecule has 1 saturated carbocycles. The molecule has 0 aromatic rings. The number of unbranched alkanes of at least 4 members (excludes halogenated alkanes) is 1. The van der Waals surface area contributed by atoms with E-state index in [1.54, 1.807) is 20.8 Å². The normalized spacial score (nSPS) is 21.7. The molecule has 3 atom stereocenters. The smallest absolute Gasteiger partial charge is 0.417 e. The Hall–Kier alpha value is -1.67. The number of hydrogen-bond donors (Lipinski definition) is 3. The Morgan fingerprint density at radius 1 is 1.15 bits per heavy atom. The molecule has 0 aliphatic heterocycles. The predicted octanol–water partition coefficient (Wildman–Crippen LogP) is 1.25. The first kappa shape index (κ1) is 22.4. The van der Waals surface area contributed by atoms with E-state index < -0.39 is 41.5 Å². The van der Waals surface area contributed by atoms with Crippen molar-refractivity contribution in [1.29, 1.82) is 0 Å². The van der Waals surface area contributed by atoms with Crippen LogP contribution in [0.1, 0.15) is 65.7 Å². The van der Waals surface area contributed by atoms with Gasteiger partial charge >= 0.3 is 6.09 Å². The topological polar surface area (TPSA) is 142 Å². The first-order valence-corrected chi connectivity index (χ1v) is 9.39. The standard InChI is InChI=1S/C18H34N4O4/c1-18(2,3)26-17(25)22(16(24)13(20)9-6-7-11-19)14-10-5-4-8-12(14)15(21)23/h12-14H,4-11,19-20H2,1-3H3,(H2,21,23)/t12?,13-,14?/m0/s1. The lowest BCUT2D eigenvalue weighted by molar-refractivity contribution is -0.138. The van der Waals surface area contributed by atoms with Crippen molar-refractivity contribution in [1.82, 2.24) is 4.90 Å². The summed E-state index contributed by atoms with van der Waals surface area (Å²) in [5.74, 6) is -1.60. The highest BCUT2D eigenvalue weighted by Gasteiger charge is 2.42. The molecule has 3 amide bonds. The fraction of sp³-hybridized carbons (Fsp3) is 0.833. The van der Waals surface area contributed by atoms with Crippen LogP contribution < -0.4 is 17.2 Å². The summed E-state index contributed by atoms with van der Waals surface area (Å²) in [6, 6.07) is -1.45. The number of hydrogen-bond acceptors (Lipinski definition) is 6. The zero-order chi connectivity index (χ0) is 19.9. The Morgan fingerprint density at radius 3 is 2.31 bits per heavy atom. The van der Waals surface area contributed by atoms with Crippen molar-refractivity contribution in [3.63, 3.8) is 0 Å². The fourth-order valence-electron chi connectivity index (χ4n) is 3.26. The van der Waals surface area contributed by atoms with Crippen LogP contribution >= 0.6 is 0 Å². The summed E-state index contributed by atoms with van der Waals surface area (Å²) in [6.45, 7) is 5.69. The Bertz CT molecular complexity index is 504. The van der Waals surface area contributed by atoms with Crippen molar-refractivity contribution in [2.24, 2.45) is 23.1 Å². The van der Waals surface area contributed by atoms with E-state index in [1.807, 2.05) is 0 Å². The number of nitrogens with zero attached hydrogens (tertiary/aromatic N) is 1. The van der Waals surface area contributed by atoms with Gasteiger partial charge < -0.3 is 21.9 Å². The summed E-state index contributed by atoms with van der Waals surface area (Å²) in [6.07, 6.45) is 3.81. The number of primary amides is 1. The highest BCUT2D eigenvalue weighted by Crippen LogP contribution is 2.30. The van der Waals surface area contributed by atoms with Crippen LogP contribution in [-0.2, 0) is 14.3 Å². The summed E-state index contributed by atoms with van der Waals surface area (Å²) in [5.41, 5.74) is 16.3. The molecule has 1 rings (SSSR count). The molecule has 8 heteroatoms. The van der Waals surface area contributed by atoms with Crippen molar-refractivity contribution in [2.45, 2.75) is 83.4 Å². The van der Waals surface area contributed by atoms with E-state index in [1.165, 1.54) is 0 Å². The second kappa shape index (κ2) is 9.87. The van der Waals surface area contributed by atoms with Crippen LogP contribution in [0.2, 0.25) is 0 Å². The molecular formula is C18H34N4O4. The van der Waals surface area contributed by atoms with Gasteiger partial charge in [-0.1, -0.05) is 19.3 Å². The lowest BCUT2D eigenvalue weighted by Crippen LogP contribution is -2.57. The van der Waals surface area contributed by atoms with Crippen LogP contribution in [0.25, 0.3) is 0 Å². The van der Waals surface area contributed by atoms with Crippen molar-refractivity contribution >= 4 is 17.9 Å². The van der Waals surface area contributed by atoms with Gasteiger partial charge in [0.25, 0.3) is 0 Å². The lowest BCUT2D eigenvalue weighted by Gasteiger charge is -2.38. The van der Waals surface area contributed by atoms with E-state index in [0.717, 1.165) is 24.2 Å². The van der Waals surface area contributed by atoms with Crippen LogP contribution in [-0.4, -0.2) is 47.0 Å². The molecule has 0 aromatic carbocycles. The van der Waals surface area contributed by atoms with E-state index >= 15 is 0 Å². The minimum atomic E-state index is -0.843. The first-order valence-electron chi connectivity index (χ1n) is 9.39. The van der Waals surface area contributed by atoms with Gasteiger partial charge in [-0.3, -0.25) is 9.59 Å². The molecule has 8 nitrogen and oxygen atoms in total. The van der Waals surface area contributed by atoms with Gasteiger partial charge in [0.05, 0.1) is 18.0 Å². The van der Waals surface area contributed by atoms with Crippen LogP contribution in [0.5, 0.6) is 0 Å². The van der Waals surface area contributed by atoms with Crippen molar-refractivity contribution in [2.75, 3.05) is 6.54 Å². The van der Waals surface area contributed by atoms with Crippen LogP contribution in [0.4, 0.5) is 4.79 Å². The molecular weight excluding hydrogens is 336 g/mol. The van der Waals surface area contributed by atoms with Crippen molar-refractivity contribution in [3.05, 3.63) is 0 Å². The van der Waals surface area contributed by atoms with Gasteiger partial charge in [0.2, 0.25) is 11.8 Å². The molecule has 2 unspecified atom stereocenters. The third-order valence-corrected chi connectivity index (χ3v) is 4.54. The molecule has 0 bridgehead atoms. The Kier molecular flexibility index (Phi) is 8.49. The van der Waals surface area contributed by atoms with Crippen molar-refractivity contribution in [3.8, 4) is 0 Å². The van der Waals surface area contributed by atoms with E-state index in [4.69, 9.17) is 21.9 Å². The maximum atomic E-state index is 12.9. The molecule has 0 spiro atoms. The van der Waals surface area contributed by atoms with Gasteiger partial charge in [0.1, 0.15) is 5.60 Å². The SMILES string of the molecule is CC(C)(C)OC(=O)N(C(=O)[C@@H](N)CCCCN)C1CCCCC1C(N)=O. The molecule has 1 aliphatic rings. The average molecular weight is 370 g/mol. The minimum absolute atomic E-state index is 0.420. The quantitative estimate of drug-likeness (QED) is 0.576. The largest absolute Gasteiger partial charge is 0.443 e. The third kappa shape index (κ3) is 6.57. The molecule has 0 heterocycles. The van der Waals surface area contributed by atoms with Crippen LogP contribution in [0.3, 0.4) is 0 Å². The average Bonchev–Trinajstić information content (AvgIpc) is 2.53. The fourth-order valence-corrected chi connectivity index (χ4v) is 3.26. The first-order chi connectivity index (χ1) is 12.1. The maximum absolute atomic E-state index is 12.9. The highest BCUT2D eigenvalue weighted by molar-refractivity contribution is 5.96. The maximum Gasteiger partial charge on any atom is 0.417 e. The van der Waals surface area contributed by atoms with Gasteiger partial charge in [-0.2, -0.15) is 0 Å². The monoisotopic (exact) mass is 370 g/mol. The number of rotatable bonds is 7. The summed E-state index contributed by atoms with van der Waals surface area (Å²) >= 11 is 0. The van der Waals surface area contributed by atoms with Gasteiger partial charge in [0.15, 0.2) is 0 Å². The summed E-state index contributed by atoms with van der Waals surface area (Å²) in [4.78, 5) is 38.6. The van der Waals surface area contributed by atoms with Gasteiger partial charge in [-0.15, -0.1) is 0 Å². The van der Waals surface area contributed by atoms with Crippen LogP contribution in [0.15, 0.2) is 0 Å². The molecule has 0 saturated heterocycles. The van der Waals surface area contributed by atoms with Gasteiger partial charge in [-0.05, 0) is 53.0 Å². The number of amides is 3. The molecule has 150 valence electrons. The number of nitrogens with two attached hydrogens (primary N) is 3. The number of imide groups is 1. The molecule has 1 aliphatic carbocycles. The summed E-state index contributed by atoms with van der Waals surface area (Å²) in [7, 11) is 0. The zero-order valence-electron chi connectivity index (χ0n) is 16.2. The van der Waals surface area contributed by atoms with E-state index in [0.29, 0.717) is 32.2 Å². The molecule has 0 radical (unpaired) electrons. The van der Waals surface area contributed by atoms with Gasteiger partial charge in [0, 0.05) is 0 Å². The van der Waals surface area contributed by atoms with Gasteiger partial charge in [-0.25, -0.2) is 9.69 Å². The Labute approximate surface area is 155 Å². The Balaban J connectivity index is 3.06. The predicted molar refractivity (Wildman–Crippen MR) is 98.9 cm³/mol. The molecule has 1 fully saturated rings. The van der Waals surface area contributed by atoms with Crippen LogP contribution in [0, 0.1) is 5.92 Å². The number of carbonyl (C=O) groups excluding carboxylic acids is 3. The zero-order valence-corrected chi connectivity index (χ0v) is 16.2. The molecule has 6 N–H and O–H groups in total. The molecule has 0 aromatic heterocycles. The number of carbonyl (C=O) groups is 3.